The number of aromatic nitrogens is 4. The molecule has 0 fully saturated rings. The van der Waals surface area contributed by atoms with Crippen LogP contribution in [0.1, 0.15) is 52.6 Å². The van der Waals surface area contributed by atoms with E-state index in [-0.39, 0.29) is 20.1 Å². The largest absolute Gasteiger partial charge is 0.448 e. The van der Waals surface area contributed by atoms with Crippen LogP contribution in [0.15, 0.2) is 44.4 Å². The van der Waals surface area contributed by atoms with Crippen LogP contribution in [0.25, 0.3) is 54.5 Å². The fraction of sp³-hybridized carbons (Fsp3) is 0.0704. The number of hydrogen-bond donors (Lipinski definition) is 0. The second-order valence-corrected chi connectivity index (χ2v) is 29.2. The molecule has 21 nitrogen and oxygen atoms in total. The maximum atomic E-state index is 15.5. The molecule has 4 aromatic heterocycles. The minimum absolute atomic E-state index is 0.00850. The summed E-state index contributed by atoms with van der Waals surface area (Å²) in [6, 6.07) is -0.00850. The molecule has 0 unspecified atom stereocenters. The number of imide groups is 2. The number of nitrogens with zero attached hydrogens (tertiary/aromatic N) is 6. The van der Waals surface area contributed by atoms with E-state index in [2.05, 4.69) is 4.74 Å². The number of rotatable bonds is 9. The van der Waals surface area contributed by atoms with Gasteiger partial charge in [0, 0.05) is 38.3 Å². The number of halogens is 30. The van der Waals surface area contributed by atoms with Gasteiger partial charge >= 0.3 is 0 Å². The quantitative estimate of drug-likeness (QED) is 0.0563. The van der Waals surface area contributed by atoms with E-state index in [9.17, 15) is 106 Å². The van der Waals surface area contributed by atoms with Gasteiger partial charge in [0.15, 0.2) is 69.7 Å². The third kappa shape index (κ3) is 12.4. The highest BCUT2D eigenvalue weighted by Crippen LogP contribution is 2.54. The van der Waals surface area contributed by atoms with E-state index in [1.165, 1.54) is 0 Å². The van der Waals surface area contributed by atoms with Gasteiger partial charge in [0.05, 0.1) is 95.5 Å². The van der Waals surface area contributed by atoms with E-state index < -0.39 is 362 Å². The first-order valence-electron chi connectivity index (χ1n) is 31.6. The Labute approximate surface area is 709 Å². The average Bonchev–Trinajstić information content (AvgIpc) is 1.55. The van der Waals surface area contributed by atoms with E-state index in [0.717, 1.165) is 35.0 Å². The van der Waals surface area contributed by atoms with Gasteiger partial charge < -0.3 is 14.2 Å². The van der Waals surface area contributed by atoms with Crippen LogP contribution in [-0.2, 0) is 14.1 Å². The highest BCUT2D eigenvalue weighted by atomic mass is 35.5. The predicted molar refractivity (Wildman–Crippen MR) is 398 cm³/mol. The lowest BCUT2D eigenvalue weighted by Crippen LogP contribution is -2.31. The minimum Gasteiger partial charge on any atom is -0.448 e. The van der Waals surface area contributed by atoms with Crippen molar-refractivity contribution in [3.63, 3.8) is 0 Å². The summed E-state index contributed by atoms with van der Waals surface area (Å²) >= 11 is 65.1. The Morgan fingerprint density at radius 2 is 0.492 bits per heavy atom. The topological polar surface area (TPSA) is 259 Å². The summed E-state index contributed by atoms with van der Waals surface area (Å²) < 4.78 is 297. The third-order valence-electron chi connectivity index (χ3n) is 18.6. The van der Waals surface area contributed by atoms with Crippen LogP contribution in [0.4, 0.5) is 89.1 Å². The van der Waals surface area contributed by atoms with E-state index in [1.54, 1.807) is 0 Å². The van der Waals surface area contributed by atoms with E-state index in [0.29, 0.717) is 14.0 Å². The zero-order valence-corrected chi connectivity index (χ0v) is 66.5. The number of fused-ring (bicyclic) bond motifs is 6. The Kier molecular flexibility index (Phi) is 22.5. The first-order valence-corrected chi connectivity index (χ1v) is 35.8. The number of carbonyl (C=O) groups is 4. The Balaban J connectivity index is 0.000000177. The summed E-state index contributed by atoms with van der Waals surface area (Å²) in [6.45, 7) is 1.76. The van der Waals surface area contributed by atoms with Crippen molar-refractivity contribution in [2.24, 2.45) is 14.1 Å². The van der Waals surface area contributed by atoms with Crippen molar-refractivity contribution >= 4 is 200 Å². The van der Waals surface area contributed by atoms with Crippen molar-refractivity contribution in [1.29, 1.82) is 0 Å². The monoisotopic (exact) mass is 1940 g/mol. The molecule has 0 N–H and O–H groups in total. The highest BCUT2D eigenvalue weighted by molar-refractivity contribution is 6.53. The smallest absolute Gasteiger partial charge is 0.269 e. The van der Waals surface area contributed by atoms with Crippen molar-refractivity contribution in [3.8, 4) is 45.9 Å². The van der Waals surface area contributed by atoms with Crippen LogP contribution in [0.5, 0.6) is 34.5 Å². The van der Waals surface area contributed by atoms with Gasteiger partial charge in [-0.15, -0.1) is 0 Å². The zero-order chi connectivity index (χ0) is 90.8. The summed E-state index contributed by atoms with van der Waals surface area (Å²) in [5, 5.41) is -17.8. The normalized spacial score (nSPS) is 12.7. The van der Waals surface area contributed by atoms with Crippen molar-refractivity contribution < 1.29 is 117 Å². The molecule has 0 saturated heterocycles. The predicted octanol–water partition coefficient (Wildman–Crippen LogP) is 18.4. The third-order valence-corrected chi connectivity index (χ3v) is 22.7. The van der Waals surface area contributed by atoms with Crippen molar-refractivity contribution in [2.75, 3.05) is 11.9 Å². The molecule has 2 aliphatic rings. The number of amides is 4. The lowest BCUT2D eigenvalue weighted by atomic mass is 10.1. The Morgan fingerprint density at radius 1 is 0.238 bits per heavy atom. The van der Waals surface area contributed by atoms with Gasteiger partial charge in [0.1, 0.15) is 48.0 Å². The maximum Gasteiger partial charge on any atom is 0.269 e. The minimum atomic E-state index is -2.74. The summed E-state index contributed by atoms with van der Waals surface area (Å²) in [5.74, 6) is -57.1. The molecule has 4 amide bonds. The van der Waals surface area contributed by atoms with Gasteiger partial charge in [0.2, 0.25) is 69.5 Å². The van der Waals surface area contributed by atoms with Gasteiger partial charge in [-0.05, 0) is 13.8 Å². The fourth-order valence-corrected chi connectivity index (χ4v) is 15.6. The second-order valence-electron chi connectivity index (χ2n) is 25.1. The van der Waals surface area contributed by atoms with Crippen LogP contribution < -0.4 is 63.6 Å². The summed E-state index contributed by atoms with van der Waals surface area (Å²) in [6.07, 6.45) is 0. The molecular formula is C71H16Cl11F19N6O15. The second kappa shape index (κ2) is 30.8. The number of benzene rings is 9. The molecule has 2 aliphatic heterocycles. The van der Waals surface area contributed by atoms with E-state index in [1.807, 2.05) is 0 Å². The van der Waals surface area contributed by atoms with Gasteiger partial charge in [-0.25, -0.2) is 62.3 Å². The summed E-state index contributed by atoms with van der Waals surface area (Å²) in [7, 11) is 3.06. The average molecular weight is 1940 g/mol. The number of ether oxygens (including phenoxy) is 3. The molecule has 630 valence electrons. The van der Waals surface area contributed by atoms with Crippen molar-refractivity contribution in [2.45, 2.75) is 13.8 Å². The Hall–Kier alpha value is -10.9. The van der Waals surface area contributed by atoms with Gasteiger partial charge in [-0.2, -0.15) is 35.1 Å². The molecular weight excluding hydrogens is 1930 g/mol. The number of carbonyl (C=O) groups excluding carboxylic acids is 4. The molecule has 6 heterocycles. The van der Waals surface area contributed by atoms with E-state index in [4.69, 9.17) is 137 Å². The fourth-order valence-electron chi connectivity index (χ4n) is 12.6. The van der Waals surface area contributed by atoms with Crippen LogP contribution in [0.2, 0.25) is 55.2 Å². The summed E-state index contributed by atoms with van der Waals surface area (Å²) in [4.78, 5) is 152. The molecule has 0 atom stereocenters. The lowest BCUT2D eigenvalue weighted by molar-refractivity contribution is 0.0691. The molecule has 0 aliphatic carbocycles. The molecule has 9 aromatic carbocycles. The van der Waals surface area contributed by atoms with Gasteiger partial charge in [-0.1, -0.05) is 128 Å². The van der Waals surface area contributed by atoms with Gasteiger partial charge in [-0.3, -0.25) is 71.6 Å². The molecule has 0 saturated carbocycles. The van der Waals surface area contributed by atoms with Crippen molar-refractivity contribution in [3.05, 3.63) is 288 Å². The van der Waals surface area contributed by atoms with E-state index >= 15 is 35.1 Å². The molecule has 13 aromatic rings. The molecule has 0 radical (unpaired) electrons. The molecule has 0 bridgehead atoms. The number of anilines is 1. The van der Waals surface area contributed by atoms with Crippen molar-refractivity contribution in [1.82, 2.24) is 23.2 Å². The number of hydrogen-bond acceptors (Lipinski definition) is 15. The summed E-state index contributed by atoms with van der Waals surface area (Å²) in [5.41, 5.74) is -19.6. The first kappa shape index (κ1) is 88.9. The Morgan fingerprint density at radius 3 is 0.820 bits per heavy atom. The Bertz CT molecular complexity index is 7190. The standard InChI is InChI=1S/C35H4Cl7F11N2O7.C18H6Cl3F3N2O4.C18H6ClF5N2O4/c1-54-32(56)5-7(33(54)57)12(39)26(14(41)10(5)37)60-28-17(46)21(50)30(22(51)18(28)47)62-31-23(52)19(48)29(20(49)24(31)53)61-27-13(40)8-6(11(38)15(27)42)34(58)55(35(8)59)25-4(44)2-3(43)9(36)16(25)45;1-3-11(22)10(21)13(24)14(12(3)23)26-17(29)6-7(18(26)30)9(20)5-4(8(6)19)15(27)25(2)16(5)28;1-3-9(20)8(19)13(24)14(10(3)21)26-17(29)6-7(18(26)30)12(23)5-4(11(6)22)15(27)25(2)16(5)28/h2H,1H3;2*1-2H3. The molecule has 0 spiro atoms. The van der Waals surface area contributed by atoms with Crippen LogP contribution in [-0.4, -0.2) is 53.8 Å². The SMILES string of the molecule is CN1C(=O)c2c(Cl)c(Cl)c(Oc3c(F)c(F)c(Oc4c(F)c(F)c(Oc5c(Cl)c(Cl)c6c(c5Cl)C(=O)N(c5c(F)cc(F)c(Cl)c5F)C6=O)c(F)c4F)c(F)c3F)c(Cl)c2C1=O.Cc1c(F)c(Cl)c(F)c(-n2c(=O)c3c(Cl)c4c(=O)n(C)c(=O)c4c(Cl)c3c2=O)c1F.Cc1c(F)c(Cl)c(F)c(-n2c(=O)c3c(F)c4c(=O)n(C)c(=O)c4c(F)c3c2=O)c1F. The molecule has 15 rings (SSSR count). The van der Waals surface area contributed by atoms with Crippen LogP contribution in [0, 0.1) is 124 Å². The first-order chi connectivity index (χ1) is 56.7. The maximum absolute atomic E-state index is 15.5. The highest BCUT2D eigenvalue weighted by Gasteiger charge is 2.48. The molecule has 51 heteroatoms. The van der Waals surface area contributed by atoms with Crippen LogP contribution in [0.3, 0.4) is 0 Å². The lowest BCUT2D eigenvalue weighted by Gasteiger charge is -2.18. The zero-order valence-electron chi connectivity index (χ0n) is 58.2. The van der Waals surface area contributed by atoms with Crippen LogP contribution >= 0.6 is 128 Å². The molecule has 122 heavy (non-hydrogen) atoms. The van der Waals surface area contributed by atoms with Gasteiger partial charge in [0.25, 0.3) is 68.1 Å².